The average molecular weight is 365 g/mol. The fraction of sp³-hybridized carbons (Fsp3) is 0.579. The third kappa shape index (κ3) is 4.94. The molecule has 0 N–H and O–H groups in total. The van der Waals surface area contributed by atoms with Gasteiger partial charge in [0.25, 0.3) is 5.91 Å². The molecular formula is C19H28FN3O3. The van der Waals surface area contributed by atoms with E-state index in [0.717, 1.165) is 13.0 Å². The standard InChI is InChI=1S/C19H28FN3O3/c1-4-22(5-2)18(24)14-21-9-6-10-23(12-11-21)19(25)16-8-7-15(26-3)13-17(16)20/h7-8,13H,4-6,9-12,14H2,1-3H3. The minimum absolute atomic E-state index is 0.0541. The van der Waals surface area contributed by atoms with Gasteiger partial charge in [0, 0.05) is 45.3 Å². The molecule has 2 rings (SSSR count). The summed E-state index contributed by atoms with van der Waals surface area (Å²) in [6.07, 6.45) is 0.759. The first-order valence-electron chi connectivity index (χ1n) is 9.13. The van der Waals surface area contributed by atoms with Crippen LogP contribution in [0.15, 0.2) is 18.2 Å². The number of ether oxygens (including phenoxy) is 1. The summed E-state index contributed by atoms with van der Waals surface area (Å²) in [5.74, 6) is -0.402. The third-order valence-corrected chi connectivity index (χ3v) is 4.76. The summed E-state index contributed by atoms with van der Waals surface area (Å²) in [6, 6.07) is 4.27. The molecule has 0 radical (unpaired) electrons. The van der Waals surface area contributed by atoms with E-state index in [2.05, 4.69) is 4.90 Å². The van der Waals surface area contributed by atoms with Crippen LogP contribution in [0.2, 0.25) is 0 Å². The summed E-state index contributed by atoms with van der Waals surface area (Å²) in [6.45, 7) is 8.09. The Kier molecular flexibility index (Phi) is 7.38. The lowest BCUT2D eigenvalue weighted by Gasteiger charge is -2.25. The number of methoxy groups -OCH3 is 1. The lowest BCUT2D eigenvalue weighted by molar-refractivity contribution is -0.132. The van der Waals surface area contributed by atoms with Crippen molar-refractivity contribution in [3.05, 3.63) is 29.6 Å². The van der Waals surface area contributed by atoms with Crippen LogP contribution in [0.3, 0.4) is 0 Å². The molecule has 0 saturated carbocycles. The maximum Gasteiger partial charge on any atom is 0.256 e. The first kappa shape index (κ1) is 20.2. The predicted molar refractivity (Wildman–Crippen MR) is 97.8 cm³/mol. The molecule has 144 valence electrons. The van der Waals surface area contributed by atoms with Crippen LogP contribution in [0.5, 0.6) is 5.75 Å². The molecule has 1 aromatic carbocycles. The second kappa shape index (κ2) is 9.52. The Labute approximate surface area is 154 Å². The molecular weight excluding hydrogens is 337 g/mol. The molecule has 0 unspecified atom stereocenters. The molecule has 6 nitrogen and oxygen atoms in total. The molecule has 0 aliphatic carbocycles. The Morgan fingerprint density at radius 1 is 1.15 bits per heavy atom. The zero-order chi connectivity index (χ0) is 19.1. The number of carbonyl (C=O) groups excluding carboxylic acids is 2. The number of amides is 2. The number of likely N-dealkylation sites (N-methyl/N-ethyl adjacent to an activating group) is 1. The molecule has 1 saturated heterocycles. The maximum atomic E-state index is 14.2. The van der Waals surface area contributed by atoms with Crippen molar-refractivity contribution in [3.8, 4) is 5.75 Å². The van der Waals surface area contributed by atoms with E-state index in [1.807, 2.05) is 13.8 Å². The molecule has 1 aliphatic rings. The summed E-state index contributed by atoms with van der Waals surface area (Å²) < 4.78 is 19.1. The number of benzene rings is 1. The van der Waals surface area contributed by atoms with Crippen molar-refractivity contribution in [2.75, 3.05) is 52.9 Å². The van der Waals surface area contributed by atoms with E-state index < -0.39 is 5.82 Å². The number of halogens is 1. The van der Waals surface area contributed by atoms with Gasteiger partial charge in [-0.1, -0.05) is 0 Å². The maximum absolute atomic E-state index is 14.2. The number of rotatable bonds is 6. The molecule has 1 aliphatic heterocycles. The minimum atomic E-state index is -0.577. The van der Waals surface area contributed by atoms with Crippen LogP contribution in [-0.4, -0.2) is 79.4 Å². The minimum Gasteiger partial charge on any atom is -0.497 e. The Bertz CT molecular complexity index is 634. The normalized spacial score (nSPS) is 15.5. The smallest absolute Gasteiger partial charge is 0.256 e. The van der Waals surface area contributed by atoms with Crippen molar-refractivity contribution in [3.63, 3.8) is 0 Å². The van der Waals surface area contributed by atoms with Crippen LogP contribution in [0.25, 0.3) is 0 Å². The van der Waals surface area contributed by atoms with Gasteiger partial charge >= 0.3 is 0 Å². The molecule has 0 aromatic heterocycles. The average Bonchev–Trinajstić information content (AvgIpc) is 2.87. The van der Waals surface area contributed by atoms with Gasteiger partial charge in [-0.3, -0.25) is 14.5 Å². The molecule has 2 amide bonds. The van der Waals surface area contributed by atoms with Crippen LogP contribution in [-0.2, 0) is 4.79 Å². The van der Waals surface area contributed by atoms with E-state index >= 15 is 0 Å². The summed E-state index contributed by atoms with van der Waals surface area (Å²) in [5, 5.41) is 0. The highest BCUT2D eigenvalue weighted by Crippen LogP contribution is 2.18. The van der Waals surface area contributed by atoms with Crippen molar-refractivity contribution in [2.24, 2.45) is 0 Å². The van der Waals surface area contributed by atoms with Gasteiger partial charge in [-0.25, -0.2) is 4.39 Å². The molecule has 1 heterocycles. The molecule has 7 heteroatoms. The quantitative estimate of drug-likeness (QED) is 0.772. The first-order valence-corrected chi connectivity index (χ1v) is 9.13. The van der Waals surface area contributed by atoms with Crippen molar-refractivity contribution in [1.82, 2.24) is 14.7 Å². The molecule has 26 heavy (non-hydrogen) atoms. The van der Waals surface area contributed by atoms with E-state index in [1.165, 1.54) is 19.2 Å². The largest absolute Gasteiger partial charge is 0.497 e. The lowest BCUT2D eigenvalue weighted by atomic mass is 10.1. The van der Waals surface area contributed by atoms with Gasteiger partial charge in [0.15, 0.2) is 0 Å². The zero-order valence-corrected chi connectivity index (χ0v) is 15.8. The second-order valence-electron chi connectivity index (χ2n) is 6.33. The Balaban J connectivity index is 1.97. The SMILES string of the molecule is CCN(CC)C(=O)CN1CCCN(C(=O)c2ccc(OC)cc2F)CC1. The molecule has 1 fully saturated rings. The third-order valence-electron chi connectivity index (χ3n) is 4.76. The summed E-state index contributed by atoms with van der Waals surface area (Å²) in [7, 11) is 1.46. The zero-order valence-electron chi connectivity index (χ0n) is 15.8. The van der Waals surface area contributed by atoms with Gasteiger partial charge in [0.1, 0.15) is 11.6 Å². The van der Waals surface area contributed by atoms with Crippen molar-refractivity contribution < 1.29 is 18.7 Å². The molecule has 1 aromatic rings. The van der Waals surface area contributed by atoms with Crippen molar-refractivity contribution in [2.45, 2.75) is 20.3 Å². The number of carbonyl (C=O) groups is 2. The number of hydrogen-bond acceptors (Lipinski definition) is 4. The first-order chi connectivity index (χ1) is 12.5. The number of hydrogen-bond donors (Lipinski definition) is 0. The van der Waals surface area contributed by atoms with E-state index in [0.29, 0.717) is 45.0 Å². The highest BCUT2D eigenvalue weighted by Gasteiger charge is 2.24. The summed E-state index contributed by atoms with van der Waals surface area (Å²) in [5.41, 5.74) is 0.0541. The van der Waals surface area contributed by atoms with Gasteiger partial charge in [-0.15, -0.1) is 0 Å². The van der Waals surface area contributed by atoms with Gasteiger partial charge in [0.2, 0.25) is 5.91 Å². The van der Waals surface area contributed by atoms with Gasteiger partial charge in [-0.2, -0.15) is 0 Å². The van der Waals surface area contributed by atoms with Crippen LogP contribution in [0, 0.1) is 5.82 Å². The van der Waals surface area contributed by atoms with Gasteiger partial charge in [-0.05, 0) is 32.4 Å². The predicted octanol–water partition coefficient (Wildman–Crippen LogP) is 1.85. The van der Waals surface area contributed by atoms with E-state index in [1.54, 1.807) is 15.9 Å². The Hall–Kier alpha value is -2.15. The van der Waals surface area contributed by atoms with Crippen LogP contribution < -0.4 is 4.74 Å². The lowest BCUT2D eigenvalue weighted by Crippen LogP contribution is -2.42. The Morgan fingerprint density at radius 3 is 2.50 bits per heavy atom. The van der Waals surface area contributed by atoms with Crippen LogP contribution in [0.1, 0.15) is 30.6 Å². The monoisotopic (exact) mass is 365 g/mol. The van der Waals surface area contributed by atoms with Gasteiger partial charge in [0.05, 0.1) is 19.2 Å². The highest BCUT2D eigenvalue weighted by atomic mass is 19.1. The van der Waals surface area contributed by atoms with Crippen LogP contribution in [0.4, 0.5) is 4.39 Å². The number of nitrogens with zero attached hydrogens (tertiary/aromatic N) is 3. The molecule has 0 spiro atoms. The highest BCUT2D eigenvalue weighted by molar-refractivity contribution is 5.94. The van der Waals surface area contributed by atoms with E-state index in [9.17, 15) is 14.0 Å². The molecule has 0 atom stereocenters. The van der Waals surface area contributed by atoms with Crippen LogP contribution >= 0.6 is 0 Å². The summed E-state index contributed by atoms with van der Waals surface area (Å²) >= 11 is 0. The van der Waals surface area contributed by atoms with Gasteiger partial charge < -0.3 is 14.5 Å². The Morgan fingerprint density at radius 2 is 1.88 bits per heavy atom. The topological polar surface area (TPSA) is 53.1 Å². The van der Waals surface area contributed by atoms with Crippen molar-refractivity contribution >= 4 is 11.8 Å². The van der Waals surface area contributed by atoms with E-state index in [-0.39, 0.29) is 17.4 Å². The van der Waals surface area contributed by atoms with E-state index in [4.69, 9.17) is 4.74 Å². The second-order valence-corrected chi connectivity index (χ2v) is 6.33. The summed E-state index contributed by atoms with van der Waals surface area (Å²) in [4.78, 5) is 30.5. The molecule has 0 bridgehead atoms. The van der Waals surface area contributed by atoms with Crippen molar-refractivity contribution in [1.29, 1.82) is 0 Å². The fourth-order valence-electron chi connectivity index (χ4n) is 3.17. The fourth-order valence-corrected chi connectivity index (χ4v) is 3.17.